The molecule has 1 saturated heterocycles. The fourth-order valence-electron chi connectivity index (χ4n) is 3.14. The number of carbonyl (C=O) groups excluding carboxylic acids is 1. The van der Waals surface area contributed by atoms with Crippen molar-refractivity contribution in [2.75, 3.05) is 23.3 Å². The van der Waals surface area contributed by atoms with Crippen LogP contribution in [0.15, 0.2) is 48.7 Å². The van der Waals surface area contributed by atoms with Gasteiger partial charge >= 0.3 is 0 Å². The fourth-order valence-corrected chi connectivity index (χ4v) is 3.14. The molecule has 2 aromatic carbocycles. The minimum atomic E-state index is -0.0834. The molecular weight excluding hydrogens is 314 g/mol. The van der Waals surface area contributed by atoms with Crippen molar-refractivity contribution in [2.24, 2.45) is 0 Å². The maximum atomic E-state index is 11.3. The van der Waals surface area contributed by atoms with Crippen LogP contribution in [-0.2, 0) is 4.79 Å². The van der Waals surface area contributed by atoms with Gasteiger partial charge in [0.15, 0.2) is 0 Å². The number of carbonyl (C=O) groups is 1. The zero-order valence-corrected chi connectivity index (χ0v) is 14.4. The van der Waals surface area contributed by atoms with Crippen molar-refractivity contribution < 1.29 is 9.53 Å². The van der Waals surface area contributed by atoms with E-state index in [-0.39, 0.29) is 12.0 Å². The van der Waals surface area contributed by atoms with Gasteiger partial charge in [0.1, 0.15) is 11.9 Å². The van der Waals surface area contributed by atoms with E-state index in [0.717, 1.165) is 35.4 Å². The molecule has 128 valence electrons. The molecule has 3 aromatic rings. The number of anilines is 2. The minimum Gasteiger partial charge on any atom is -0.487 e. The van der Waals surface area contributed by atoms with Crippen LogP contribution < -0.4 is 15.0 Å². The molecule has 0 saturated carbocycles. The number of nitrogens with one attached hydrogen (secondary N) is 2. The van der Waals surface area contributed by atoms with Crippen molar-refractivity contribution in [2.45, 2.75) is 20.0 Å². The number of aromatic nitrogens is 1. The summed E-state index contributed by atoms with van der Waals surface area (Å²) in [6.07, 6.45) is 1.99. The Bertz CT molecular complexity index is 908. The Balaban J connectivity index is 1.43. The quantitative estimate of drug-likeness (QED) is 0.764. The second-order valence-electron chi connectivity index (χ2n) is 6.57. The first-order valence-electron chi connectivity index (χ1n) is 8.45. The number of rotatable bonds is 4. The number of nitrogens with zero attached hydrogens (tertiary/aromatic N) is 1. The molecule has 1 aliphatic heterocycles. The maximum Gasteiger partial charge on any atom is 0.221 e. The van der Waals surface area contributed by atoms with Gasteiger partial charge in [0.25, 0.3) is 0 Å². The van der Waals surface area contributed by atoms with E-state index in [1.807, 2.05) is 18.2 Å². The number of hydrogen-bond acceptors (Lipinski definition) is 3. The second-order valence-corrected chi connectivity index (χ2v) is 6.57. The molecule has 2 heterocycles. The number of amides is 1. The van der Waals surface area contributed by atoms with E-state index < -0.39 is 0 Å². The Morgan fingerprint density at radius 1 is 1.20 bits per heavy atom. The molecule has 0 radical (unpaired) electrons. The third-order valence-electron chi connectivity index (χ3n) is 4.51. The van der Waals surface area contributed by atoms with Crippen LogP contribution >= 0.6 is 0 Å². The smallest absolute Gasteiger partial charge is 0.221 e. The monoisotopic (exact) mass is 335 g/mol. The number of hydrogen-bond donors (Lipinski definition) is 2. The molecular formula is C20H21N3O2. The molecule has 1 aromatic heterocycles. The fraction of sp³-hybridized carbons (Fsp3) is 0.250. The van der Waals surface area contributed by atoms with Crippen molar-refractivity contribution in [3.8, 4) is 5.75 Å². The number of aromatic amines is 1. The van der Waals surface area contributed by atoms with Gasteiger partial charge in [0.05, 0.1) is 18.8 Å². The molecule has 0 bridgehead atoms. The van der Waals surface area contributed by atoms with Crippen LogP contribution in [0, 0.1) is 6.92 Å². The summed E-state index contributed by atoms with van der Waals surface area (Å²) in [6.45, 7) is 5.37. The van der Waals surface area contributed by atoms with Gasteiger partial charge in [-0.3, -0.25) is 4.79 Å². The number of aryl methyl sites for hydroxylation is 1. The van der Waals surface area contributed by atoms with Gasteiger partial charge in [-0.2, -0.15) is 0 Å². The van der Waals surface area contributed by atoms with E-state index in [1.165, 1.54) is 18.2 Å². The van der Waals surface area contributed by atoms with Crippen molar-refractivity contribution >= 4 is 28.2 Å². The van der Waals surface area contributed by atoms with Gasteiger partial charge in [0, 0.05) is 29.7 Å². The molecule has 0 unspecified atom stereocenters. The van der Waals surface area contributed by atoms with E-state index in [9.17, 15) is 4.79 Å². The Morgan fingerprint density at radius 2 is 1.96 bits per heavy atom. The van der Waals surface area contributed by atoms with Crippen LogP contribution in [0.2, 0.25) is 0 Å². The molecule has 1 amide bonds. The highest BCUT2D eigenvalue weighted by Gasteiger charge is 2.28. The van der Waals surface area contributed by atoms with Crippen molar-refractivity contribution in [3.63, 3.8) is 0 Å². The average Bonchev–Trinajstić information content (AvgIpc) is 2.93. The zero-order chi connectivity index (χ0) is 17.4. The molecule has 0 atom stereocenters. The van der Waals surface area contributed by atoms with Gasteiger partial charge in [-0.1, -0.05) is 17.7 Å². The predicted molar refractivity (Wildman–Crippen MR) is 100 cm³/mol. The molecule has 25 heavy (non-hydrogen) atoms. The van der Waals surface area contributed by atoms with Gasteiger partial charge < -0.3 is 19.9 Å². The van der Waals surface area contributed by atoms with Crippen molar-refractivity contribution in [3.05, 3.63) is 54.2 Å². The van der Waals surface area contributed by atoms with Crippen LogP contribution in [-0.4, -0.2) is 30.1 Å². The van der Waals surface area contributed by atoms with E-state index in [1.54, 1.807) is 6.20 Å². The Hall–Kier alpha value is -2.95. The Morgan fingerprint density at radius 3 is 2.68 bits per heavy atom. The van der Waals surface area contributed by atoms with Crippen LogP contribution in [0.1, 0.15) is 12.5 Å². The predicted octanol–water partition coefficient (Wildman–Crippen LogP) is 3.70. The summed E-state index contributed by atoms with van der Waals surface area (Å²) < 4.78 is 6.09. The lowest BCUT2D eigenvalue weighted by Gasteiger charge is -2.40. The van der Waals surface area contributed by atoms with Crippen molar-refractivity contribution in [1.29, 1.82) is 0 Å². The molecule has 0 aliphatic carbocycles. The Kier molecular flexibility index (Phi) is 3.84. The topological polar surface area (TPSA) is 57.4 Å². The third-order valence-corrected chi connectivity index (χ3v) is 4.51. The van der Waals surface area contributed by atoms with E-state index in [4.69, 9.17) is 4.74 Å². The van der Waals surface area contributed by atoms with E-state index in [2.05, 4.69) is 46.4 Å². The average molecular weight is 335 g/mol. The van der Waals surface area contributed by atoms with Gasteiger partial charge in [-0.25, -0.2) is 0 Å². The first-order chi connectivity index (χ1) is 12.1. The summed E-state index contributed by atoms with van der Waals surface area (Å²) in [5, 5.41) is 3.80. The molecule has 5 nitrogen and oxygen atoms in total. The largest absolute Gasteiger partial charge is 0.487 e. The summed E-state index contributed by atoms with van der Waals surface area (Å²) in [5.41, 5.74) is 4.26. The molecule has 1 aliphatic rings. The lowest BCUT2D eigenvalue weighted by molar-refractivity contribution is -0.114. The minimum absolute atomic E-state index is 0.0834. The number of H-pyrrole nitrogens is 1. The lowest BCUT2D eigenvalue weighted by atomic mass is 10.1. The van der Waals surface area contributed by atoms with Crippen LogP contribution in [0.4, 0.5) is 11.4 Å². The highest BCUT2D eigenvalue weighted by molar-refractivity contribution is 6.01. The zero-order valence-electron chi connectivity index (χ0n) is 14.4. The summed E-state index contributed by atoms with van der Waals surface area (Å²) in [6, 6.07) is 14.5. The molecule has 2 N–H and O–H groups in total. The highest BCUT2D eigenvalue weighted by Crippen LogP contribution is 2.29. The van der Waals surface area contributed by atoms with Crippen LogP contribution in [0.5, 0.6) is 5.75 Å². The lowest BCUT2D eigenvalue weighted by Crippen LogP contribution is -2.54. The van der Waals surface area contributed by atoms with E-state index >= 15 is 0 Å². The highest BCUT2D eigenvalue weighted by atomic mass is 16.5. The normalized spacial score (nSPS) is 14.4. The Labute approximate surface area is 146 Å². The standard InChI is InChI=1S/C20H21N3O2/c1-13-3-5-15(6-4-13)23-11-17(12-23)25-16-7-8-19-18(9-16)20(10-21-19)22-14(2)24/h3-10,17,21H,11-12H2,1-2H3,(H,22,24). The summed E-state index contributed by atoms with van der Waals surface area (Å²) >= 11 is 0. The van der Waals surface area contributed by atoms with Crippen LogP contribution in [0.3, 0.4) is 0 Å². The molecule has 4 rings (SSSR count). The number of fused-ring (bicyclic) bond motifs is 1. The second kappa shape index (κ2) is 6.16. The summed E-state index contributed by atoms with van der Waals surface area (Å²) in [7, 11) is 0. The van der Waals surface area contributed by atoms with E-state index in [0.29, 0.717) is 0 Å². The third kappa shape index (κ3) is 3.18. The first kappa shape index (κ1) is 15.6. The van der Waals surface area contributed by atoms with Crippen molar-refractivity contribution in [1.82, 2.24) is 4.98 Å². The summed E-state index contributed by atoms with van der Waals surface area (Å²) in [5.74, 6) is 0.743. The summed E-state index contributed by atoms with van der Waals surface area (Å²) in [4.78, 5) is 16.8. The van der Waals surface area contributed by atoms with Gasteiger partial charge in [-0.15, -0.1) is 0 Å². The molecule has 5 heteroatoms. The van der Waals surface area contributed by atoms with Gasteiger partial charge in [-0.05, 0) is 37.3 Å². The van der Waals surface area contributed by atoms with Crippen LogP contribution in [0.25, 0.3) is 10.9 Å². The maximum absolute atomic E-state index is 11.3. The van der Waals surface area contributed by atoms with Gasteiger partial charge in [0.2, 0.25) is 5.91 Å². The first-order valence-corrected chi connectivity index (χ1v) is 8.45. The SMILES string of the molecule is CC(=O)Nc1c[nH]c2ccc(OC3CN(c4ccc(C)cc4)C3)cc12. The molecule has 1 fully saturated rings. The molecule has 0 spiro atoms. The number of ether oxygens (including phenoxy) is 1. The number of benzene rings is 2.